The summed E-state index contributed by atoms with van der Waals surface area (Å²) < 4.78 is 0. The Hall–Kier alpha value is 0.553. The molecule has 0 aromatic rings. The van der Waals surface area contributed by atoms with E-state index in [1.54, 1.807) is 0 Å². The minimum Gasteiger partial charge on any atom is -0.300 e. The fourth-order valence-corrected chi connectivity index (χ4v) is 0.456. The normalized spacial score (nSPS) is 7.75. The molecule has 0 atom stereocenters. The van der Waals surface area contributed by atoms with Gasteiger partial charge in [0.2, 0.25) is 0 Å². The smallest absolute Gasteiger partial charge is 0.132 e. The van der Waals surface area contributed by atoms with E-state index in [1.165, 1.54) is 0 Å². The third kappa shape index (κ3) is 6.55. The van der Waals surface area contributed by atoms with E-state index in [1.807, 2.05) is 13.8 Å². The minimum absolute atomic E-state index is 0. The molecule has 46 valence electrons. The fourth-order valence-electron chi connectivity index (χ4n) is 0.456. The third-order valence-electron chi connectivity index (χ3n) is 0.923. The van der Waals surface area contributed by atoms with Crippen molar-refractivity contribution < 1.29 is 31.0 Å². The van der Waals surface area contributed by atoms with E-state index in [9.17, 15) is 4.79 Å². The van der Waals surface area contributed by atoms with Crippen molar-refractivity contribution in [1.82, 2.24) is 0 Å². The van der Waals surface area contributed by atoms with Crippen molar-refractivity contribution in [3.8, 4) is 0 Å². The maximum absolute atomic E-state index is 10.4. The molecule has 0 rings (SSSR count). The predicted molar refractivity (Wildman–Crippen MR) is 30.2 cm³/mol. The Kier molecular flexibility index (Phi) is 10.7. The summed E-state index contributed by atoms with van der Waals surface area (Å²) in [5.41, 5.74) is 0. The molecule has 1 nitrogen and oxygen atoms in total. The third-order valence-corrected chi connectivity index (χ3v) is 0.923. The van der Waals surface area contributed by atoms with Gasteiger partial charge >= 0.3 is 0 Å². The molecule has 0 saturated heterocycles. The van der Waals surface area contributed by atoms with Crippen LogP contribution < -0.4 is 0 Å². The van der Waals surface area contributed by atoms with Gasteiger partial charge in [0, 0.05) is 39.0 Å². The number of hydrogen-bond donors (Lipinski definition) is 0. The van der Waals surface area contributed by atoms with Crippen LogP contribution in [0, 0.1) is 0 Å². The Bertz CT molecular complexity index is 61.5. The summed E-state index contributed by atoms with van der Waals surface area (Å²) in [7, 11) is 0. The van der Waals surface area contributed by atoms with Gasteiger partial charge in [0.15, 0.2) is 0 Å². The van der Waals surface area contributed by atoms with Crippen molar-refractivity contribution in [3.05, 3.63) is 0 Å². The second-order valence-corrected chi connectivity index (χ2v) is 1.64. The summed E-state index contributed by atoms with van der Waals surface area (Å²) in [5.74, 6) is 0.377. The van der Waals surface area contributed by atoms with Crippen molar-refractivity contribution in [1.29, 1.82) is 0 Å². The molecule has 0 aliphatic rings. The Balaban J connectivity index is 0. The van der Waals surface area contributed by atoms with Crippen molar-refractivity contribution in [2.45, 2.75) is 33.1 Å². The monoisotopic (exact) mass is 190 g/mol. The molecule has 0 spiro atoms. The second kappa shape index (κ2) is 7.55. The molecule has 0 bridgehead atoms. The first-order valence-electron chi connectivity index (χ1n) is 2.83. The summed E-state index contributed by atoms with van der Waals surface area (Å²) in [5, 5.41) is 0. The summed E-state index contributed by atoms with van der Waals surface area (Å²) >= 11 is 0. The van der Waals surface area contributed by atoms with Crippen LogP contribution in [0.15, 0.2) is 0 Å². The maximum Gasteiger partial charge on any atom is 0.132 e. The standard InChI is InChI=1S/C6H12O.Zr/c1-3-5-6(7)4-2;/h3-5H2,1-2H3;. The first-order valence-corrected chi connectivity index (χ1v) is 2.83. The van der Waals surface area contributed by atoms with Crippen LogP contribution in [0.5, 0.6) is 0 Å². The summed E-state index contributed by atoms with van der Waals surface area (Å²) in [4.78, 5) is 10.4. The number of ketones is 1. The van der Waals surface area contributed by atoms with Crippen molar-refractivity contribution >= 4 is 5.78 Å². The summed E-state index contributed by atoms with van der Waals surface area (Å²) in [6, 6.07) is 0. The van der Waals surface area contributed by atoms with Gasteiger partial charge in [-0.3, -0.25) is 4.79 Å². The first-order chi connectivity index (χ1) is 3.31. The quantitative estimate of drug-likeness (QED) is 0.664. The molecule has 0 N–H and O–H groups in total. The van der Waals surface area contributed by atoms with Crippen LogP contribution in [-0.4, -0.2) is 5.78 Å². The van der Waals surface area contributed by atoms with E-state index in [4.69, 9.17) is 0 Å². The van der Waals surface area contributed by atoms with Gasteiger partial charge < -0.3 is 0 Å². The molecule has 0 aliphatic carbocycles. The van der Waals surface area contributed by atoms with Gasteiger partial charge in [0.25, 0.3) is 0 Å². The zero-order valence-corrected chi connectivity index (χ0v) is 7.99. The second-order valence-electron chi connectivity index (χ2n) is 1.64. The van der Waals surface area contributed by atoms with Crippen LogP contribution >= 0.6 is 0 Å². The molecule has 0 aromatic carbocycles. The van der Waals surface area contributed by atoms with E-state index in [0.29, 0.717) is 12.2 Å². The zero-order valence-electron chi connectivity index (χ0n) is 5.53. The number of carbonyl (C=O) groups is 1. The number of carbonyl (C=O) groups excluding carboxylic acids is 1. The Morgan fingerprint density at radius 1 is 1.38 bits per heavy atom. The van der Waals surface area contributed by atoms with Gasteiger partial charge in [0.05, 0.1) is 0 Å². The zero-order chi connectivity index (χ0) is 5.70. The average molecular weight is 191 g/mol. The number of hydrogen-bond acceptors (Lipinski definition) is 1. The van der Waals surface area contributed by atoms with Gasteiger partial charge in [-0.15, -0.1) is 0 Å². The molecule has 0 saturated carbocycles. The van der Waals surface area contributed by atoms with Gasteiger partial charge in [-0.25, -0.2) is 0 Å². The van der Waals surface area contributed by atoms with Crippen LogP contribution in [0.2, 0.25) is 0 Å². The molecule has 2 heteroatoms. The van der Waals surface area contributed by atoms with E-state index in [-0.39, 0.29) is 26.2 Å². The van der Waals surface area contributed by atoms with E-state index in [0.717, 1.165) is 12.8 Å². The van der Waals surface area contributed by atoms with E-state index >= 15 is 0 Å². The van der Waals surface area contributed by atoms with Gasteiger partial charge in [-0.05, 0) is 6.42 Å². The molecule has 0 aromatic heterocycles. The van der Waals surface area contributed by atoms with Gasteiger partial charge in [-0.1, -0.05) is 13.8 Å². The molecule has 0 fully saturated rings. The maximum atomic E-state index is 10.4. The molecule has 0 radical (unpaired) electrons. The van der Waals surface area contributed by atoms with Crippen molar-refractivity contribution in [3.63, 3.8) is 0 Å². The van der Waals surface area contributed by atoms with Crippen LogP contribution in [0.25, 0.3) is 0 Å². The van der Waals surface area contributed by atoms with Crippen molar-refractivity contribution in [2.24, 2.45) is 0 Å². The molecule has 8 heavy (non-hydrogen) atoms. The molecular weight excluding hydrogens is 179 g/mol. The minimum atomic E-state index is 0. The largest absolute Gasteiger partial charge is 0.300 e. The Morgan fingerprint density at radius 3 is 2.00 bits per heavy atom. The molecule has 0 unspecified atom stereocenters. The van der Waals surface area contributed by atoms with Crippen LogP contribution in [0.4, 0.5) is 0 Å². The van der Waals surface area contributed by atoms with Crippen LogP contribution in [-0.2, 0) is 31.0 Å². The van der Waals surface area contributed by atoms with E-state index < -0.39 is 0 Å². The van der Waals surface area contributed by atoms with E-state index in [2.05, 4.69) is 0 Å². The van der Waals surface area contributed by atoms with Crippen molar-refractivity contribution in [2.75, 3.05) is 0 Å². The van der Waals surface area contributed by atoms with Crippen LogP contribution in [0.3, 0.4) is 0 Å². The summed E-state index contributed by atoms with van der Waals surface area (Å²) in [6.45, 7) is 3.92. The van der Waals surface area contributed by atoms with Crippen LogP contribution in [0.1, 0.15) is 33.1 Å². The molecular formula is C6H12OZr. The number of rotatable bonds is 3. The number of Topliss-reactive ketones (excluding diaryl/α,β-unsaturated/α-hetero) is 1. The average Bonchev–Trinajstić information content (AvgIpc) is 1.68. The van der Waals surface area contributed by atoms with Gasteiger partial charge in [0.1, 0.15) is 5.78 Å². The molecule has 0 amide bonds. The molecule has 0 heterocycles. The SMILES string of the molecule is CCCC(=O)CC.[Zr]. The Labute approximate surface area is 70.0 Å². The first kappa shape index (κ1) is 11.4. The predicted octanol–water partition coefficient (Wildman–Crippen LogP) is 1.76. The molecule has 0 aliphatic heterocycles. The topological polar surface area (TPSA) is 17.1 Å². The van der Waals surface area contributed by atoms with Gasteiger partial charge in [-0.2, -0.15) is 0 Å². The fraction of sp³-hybridized carbons (Fsp3) is 0.833. The summed E-state index contributed by atoms with van der Waals surface area (Å²) in [6.07, 6.45) is 2.46. The Morgan fingerprint density at radius 2 is 1.88 bits per heavy atom.